The van der Waals surface area contributed by atoms with Crippen molar-refractivity contribution in [3.8, 4) is 0 Å². The topological polar surface area (TPSA) is 79.3 Å². The Hall–Kier alpha value is -2.40. The monoisotopic (exact) mass is 304 g/mol. The fraction of sp³-hybridized carbons (Fsp3) is 0.133. The molecule has 0 radical (unpaired) electrons. The number of nitrogens with one attached hydrogen (secondary N) is 1. The average Bonchev–Trinajstić information content (AvgIpc) is 2.40. The van der Waals surface area contributed by atoms with E-state index in [1.54, 1.807) is 44.2 Å². The predicted molar refractivity (Wildman–Crippen MR) is 80.1 cm³/mol. The number of hydrogen-bond acceptors (Lipinski definition) is 3. The zero-order valence-electron chi connectivity index (χ0n) is 11.5. The molecule has 1 aromatic heterocycles. The van der Waals surface area contributed by atoms with Crippen LogP contribution in [0.5, 0.6) is 0 Å². The molecule has 1 heterocycles. The molecule has 0 fully saturated rings. The van der Waals surface area contributed by atoms with Crippen molar-refractivity contribution in [2.45, 2.75) is 13.8 Å². The first-order valence-electron chi connectivity index (χ1n) is 6.17. The van der Waals surface area contributed by atoms with Gasteiger partial charge in [0.05, 0.1) is 11.1 Å². The van der Waals surface area contributed by atoms with Gasteiger partial charge in [0.25, 0.3) is 5.91 Å². The van der Waals surface area contributed by atoms with Crippen molar-refractivity contribution in [3.05, 3.63) is 57.7 Å². The van der Waals surface area contributed by atoms with Gasteiger partial charge in [0.15, 0.2) is 0 Å². The highest BCUT2D eigenvalue weighted by atomic mass is 35.5. The average molecular weight is 305 g/mol. The molecule has 2 N–H and O–H groups in total. The van der Waals surface area contributed by atoms with Crippen LogP contribution < -0.4 is 5.32 Å². The van der Waals surface area contributed by atoms with Gasteiger partial charge in [0, 0.05) is 0 Å². The van der Waals surface area contributed by atoms with E-state index in [4.69, 9.17) is 11.6 Å². The van der Waals surface area contributed by atoms with Crippen molar-refractivity contribution in [2.75, 3.05) is 5.32 Å². The fourth-order valence-corrected chi connectivity index (χ4v) is 2.20. The quantitative estimate of drug-likeness (QED) is 0.853. The Labute approximate surface area is 126 Å². The lowest BCUT2D eigenvalue weighted by molar-refractivity contribution is 0.0691. The van der Waals surface area contributed by atoms with E-state index in [1.165, 1.54) is 0 Å². The Morgan fingerprint density at radius 2 is 1.71 bits per heavy atom. The smallest absolute Gasteiger partial charge is 0.336 e. The molecule has 21 heavy (non-hydrogen) atoms. The van der Waals surface area contributed by atoms with Gasteiger partial charge in [0.2, 0.25) is 0 Å². The van der Waals surface area contributed by atoms with Crippen molar-refractivity contribution < 1.29 is 14.7 Å². The van der Waals surface area contributed by atoms with Crippen LogP contribution in [0.25, 0.3) is 0 Å². The predicted octanol–water partition coefficient (Wildman–Crippen LogP) is 3.30. The number of carbonyl (C=O) groups excluding carboxylic acids is 1. The number of benzene rings is 1. The minimum Gasteiger partial charge on any atom is -0.478 e. The molecule has 2 rings (SSSR count). The van der Waals surface area contributed by atoms with E-state index < -0.39 is 11.9 Å². The van der Waals surface area contributed by atoms with E-state index in [2.05, 4.69) is 10.3 Å². The maximum atomic E-state index is 12.4. The van der Waals surface area contributed by atoms with Crippen LogP contribution in [-0.2, 0) is 0 Å². The van der Waals surface area contributed by atoms with E-state index in [0.29, 0.717) is 11.1 Å². The van der Waals surface area contributed by atoms with Crippen LogP contribution in [0.3, 0.4) is 0 Å². The molecule has 5 nitrogen and oxygen atoms in total. The van der Waals surface area contributed by atoms with Crippen LogP contribution in [0, 0.1) is 13.8 Å². The summed E-state index contributed by atoms with van der Waals surface area (Å²) in [6.45, 7) is 3.34. The molecule has 0 atom stereocenters. The van der Waals surface area contributed by atoms with Crippen molar-refractivity contribution in [1.29, 1.82) is 0 Å². The normalized spacial score (nSPS) is 10.2. The lowest BCUT2D eigenvalue weighted by Crippen LogP contribution is -2.19. The molecule has 2 aromatic rings. The summed E-state index contributed by atoms with van der Waals surface area (Å²) in [5, 5.41) is 12.1. The van der Waals surface area contributed by atoms with Gasteiger partial charge in [0.1, 0.15) is 11.0 Å². The third kappa shape index (κ3) is 3.20. The van der Waals surface area contributed by atoms with E-state index in [0.717, 1.165) is 0 Å². The second kappa shape index (κ2) is 5.93. The van der Waals surface area contributed by atoms with Crippen LogP contribution in [0.1, 0.15) is 31.8 Å². The molecule has 0 bridgehead atoms. The first kappa shape index (κ1) is 15.0. The van der Waals surface area contributed by atoms with Crippen LogP contribution in [-0.4, -0.2) is 22.0 Å². The third-order valence-corrected chi connectivity index (χ3v) is 3.23. The fourth-order valence-electron chi connectivity index (χ4n) is 2.04. The highest BCUT2D eigenvalue weighted by Crippen LogP contribution is 2.20. The molecule has 0 aliphatic heterocycles. The van der Waals surface area contributed by atoms with Gasteiger partial charge in [-0.05, 0) is 37.1 Å². The number of pyridine rings is 1. The Bertz CT molecular complexity index is 729. The van der Waals surface area contributed by atoms with Gasteiger partial charge >= 0.3 is 5.97 Å². The molecule has 0 saturated heterocycles. The number of amides is 1. The molecule has 1 aromatic carbocycles. The molecule has 0 unspecified atom stereocenters. The minimum absolute atomic E-state index is 0.00507. The summed E-state index contributed by atoms with van der Waals surface area (Å²) in [6.07, 6.45) is 0. The molecule has 1 amide bonds. The number of aryl methyl sites for hydroxylation is 2. The Morgan fingerprint density at radius 3 is 2.29 bits per heavy atom. The number of hydrogen-bond donors (Lipinski definition) is 2. The maximum Gasteiger partial charge on any atom is 0.336 e. The number of carboxylic acid groups (broad SMARTS) is 1. The maximum absolute atomic E-state index is 12.4. The SMILES string of the molecule is Cc1ccc(C)c(C(=O)Nc2cccc(Cl)n2)c1C(=O)O. The molecule has 0 aliphatic rings. The number of nitrogens with zero attached hydrogens (tertiary/aromatic N) is 1. The summed E-state index contributed by atoms with van der Waals surface area (Å²) < 4.78 is 0. The van der Waals surface area contributed by atoms with E-state index in [1.807, 2.05) is 0 Å². The standard InChI is InChI=1S/C15H13ClN2O3/c1-8-6-7-9(2)13(15(20)21)12(8)14(19)18-11-5-3-4-10(16)17-11/h3-7H,1-2H3,(H,20,21)(H,17,18,19). The summed E-state index contributed by atoms with van der Waals surface area (Å²) in [6, 6.07) is 8.19. The van der Waals surface area contributed by atoms with Crippen LogP contribution in [0.15, 0.2) is 30.3 Å². The van der Waals surface area contributed by atoms with E-state index >= 15 is 0 Å². The lowest BCUT2D eigenvalue weighted by atomic mass is 9.96. The lowest BCUT2D eigenvalue weighted by Gasteiger charge is -2.12. The van der Waals surface area contributed by atoms with Gasteiger partial charge < -0.3 is 10.4 Å². The van der Waals surface area contributed by atoms with Gasteiger partial charge in [-0.25, -0.2) is 9.78 Å². The van der Waals surface area contributed by atoms with Crippen LogP contribution >= 0.6 is 11.6 Å². The molecule has 0 saturated carbocycles. The van der Waals surface area contributed by atoms with Gasteiger partial charge in [-0.2, -0.15) is 0 Å². The first-order chi connectivity index (χ1) is 9.90. The Kier molecular flexibility index (Phi) is 4.23. The number of rotatable bonds is 3. The number of aromatic carboxylic acids is 1. The number of carbonyl (C=O) groups is 2. The highest BCUT2D eigenvalue weighted by Gasteiger charge is 2.21. The second-order valence-corrected chi connectivity index (χ2v) is 4.94. The number of carboxylic acids is 1. The summed E-state index contributed by atoms with van der Waals surface area (Å²) in [4.78, 5) is 27.7. The first-order valence-corrected chi connectivity index (χ1v) is 6.55. The van der Waals surface area contributed by atoms with Gasteiger partial charge in [-0.15, -0.1) is 0 Å². The molecule has 0 spiro atoms. The highest BCUT2D eigenvalue weighted by molar-refractivity contribution is 6.29. The summed E-state index contributed by atoms with van der Waals surface area (Å²) in [5.74, 6) is -1.39. The number of halogens is 1. The van der Waals surface area contributed by atoms with Crippen molar-refractivity contribution in [2.24, 2.45) is 0 Å². The Morgan fingerprint density at radius 1 is 1.10 bits per heavy atom. The van der Waals surface area contributed by atoms with Gasteiger partial charge in [-0.3, -0.25) is 4.79 Å². The molecule has 108 valence electrons. The van der Waals surface area contributed by atoms with Crippen molar-refractivity contribution in [3.63, 3.8) is 0 Å². The minimum atomic E-state index is -1.14. The summed E-state index contributed by atoms with van der Waals surface area (Å²) in [7, 11) is 0. The number of anilines is 1. The van der Waals surface area contributed by atoms with Crippen LogP contribution in [0.4, 0.5) is 5.82 Å². The largest absolute Gasteiger partial charge is 0.478 e. The Balaban J connectivity index is 2.44. The van der Waals surface area contributed by atoms with Crippen LogP contribution in [0.2, 0.25) is 5.15 Å². The van der Waals surface area contributed by atoms with Gasteiger partial charge in [-0.1, -0.05) is 29.8 Å². The summed E-state index contributed by atoms with van der Waals surface area (Å²) in [5.41, 5.74) is 1.23. The number of aromatic nitrogens is 1. The molecule has 6 heteroatoms. The van der Waals surface area contributed by atoms with E-state index in [-0.39, 0.29) is 22.1 Å². The summed E-state index contributed by atoms with van der Waals surface area (Å²) >= 11 is 5.76. The molecule has 0 aliphatic carbocycles. The molecular formula is C15H13ClN2O3. The van der Waals surface area contributed by atoms with E-state index in [9.17, 15) is 14.7 Å². The van der Waals surface area contributed by atoms with Crippen molar-refractivity contribution >= 4 is 29.3 Å². The molecular weight excluding hydrogens is 292 g/mol. The van der Waals surface area contributed by atoms with Crippen molar-refractivity contribution in [1.82, 2.24) is 4.98 Å². The zero-order chi connectivity index (χ0) is 15.6. The second-order valence-electron chi connectivity index (χ2n) is 4.55. The zero-order valence-corrected chi connectivity index (χ0v) is 12.2. The third-order valence-electron chi connectivity index (χ3n) is 3.02.